The molecule has 0 aromatic rings. The molecule has 2 amide bonds. The van der Waals surface area contributed by atoms with Crippen molar-refractivity contribution in [3.05, 3.63) is 0 Å². The van der Waals surface area contributed by atoms with E-state index in [0.717, 1.165) is 0 Å². The fourth-order valence-electron chi connectivity index (χ4n) is 3.02. The van der Waals surface area contributed by atoms with E-state index < -0.39 is 10.0 Å². The van der Waals surface area contributed by atoms with Crippen molar-refractivity contribution in [2.24, 2.45) is 5.92 Å². The molecule has 2 fully saturated rings. The van der Waals surface area contributed by atoms with E-state index in [2.05, 4.69) is 0 Å². The fourth-order valence-corrected chi connectivity index (χ4v) is 4.11. The van der Waals surface area contributed by atoms with Crippen LogP contribution in [0.3, 0.4) is 0 Å². The number of rotatable bonds is 4. The van der Waals surface area contributed by atoms with Crippen LogP contribution < -0.4 is 0 Å². The minimum Gasteiger partial charge on any atom is -0.340 e. The first kappa shape index (κ1) is 17.2. The third-order valence-electron chi connectivity index (χ3n) is 4.44. The van der Waals surface area contributed by atoms with E-state index in [1.54, 1.807) is 16.7 Å². The Labute approximate surface area is 132 Å². The molecule has 0 N–H and O–H groups in total. The SMILES string of the molecule is CCS(=O)(=O)N1CCN(C(=O)C2CC(=O)N(C(C)C)C2)CC1. The monoisotopic (exact) mass is 331 g/mol. The average Bonchev–Trinajstić information content (AvgIpc) is 2.89. The third-order valence-corrected chi connectivity index (χ3v) is 6.32. The summed E-state index contributed by atoms with van der Waals surface area (Å²) in [5.41, 5.74) is 0. The highest BCUT2D eigenvalue weighted by Gasteiger charge is 2.38. The molecule has 22 heavy (non-hydrogen) atoms. The van der Waals surface area contributed by atoms with Gasteiger partial charge in [-0.15, -0.1) is 0 Å². The summed E-state index contributed by atoms with van der Waals surface area (Å²) in [6, 6.07) is 0.108. The topological polar surface area (TPSA) is 78.0 Å². The quantitative estimate of drug-likeness (QED) is 0.711. The number of piperazine rings is 1. The highest BCUT2D eigenvalue weighted by atomic mass is 32.2. The summed E-state index contributed by atoms with van der Waals surface area (Å²) >= 11 is 0. The molecule has 2 heterocycles. The summed E-state index contributed by atoms with van der Waals surface area (Å²) < 4.78 is 25.1. The Morgan fingerprint density at radius 3 is 2.27 bits per heavy atom. The van der Waals surface area contributed by atoms with Gasteiger partial charge in [-0.05, 0) is 20.8 Å². The predicted octanol–water partition coefficient (Wildman–Crippen LogP) is -0.263. The van der Waals surface area contributed by atoms with Crippen molar-refractivity contribution in [1.29, 1.82) is 0 Å². The fraction of sp³-hybridized carbons (Fsp3) is 0.857. The molecule has 2 saturated heterocycles. The van der Waals surface area contributed by atoms with Gasteiger partial charge in [-0.1, -0.05) is 0 Å². The number of hydrogen-bond donors (Lipinski definition) is 0. The van der Waals surface area contributed by atoms with Crippen molar-refractivity contribution in [2.75, 3.05) is 38.5 Å². The number of nitrogens with zero attached hydrogens (tertiary/aromatic N) is 3. The maximum absolute atomic E-state index is 12.5. The molecule has 0 saturated carbocycles. The van der Waals surface area contributed by atoms with Crippen molar-refractivity contribution in [3.63, 3.8) is 0 Å². The molecule has 0 spiro atoms. The van der Waals surface area contributed by atoms with E-state index in [-0.39, 0.29) is 35.9 Å². The Kier molecular flexibility index (Phi) is 5.11. The van der Waals surface area contributed by atoms with Gasteiger partial charge in [0.05, 0.1) is 11.7 Å². The molecule has 126 valence electrons. The molecular weight excluding hydrogens is 306 g/mol. The van der Waals surface area contributed by atoms with Crippen LogP contribution in [0.1, 0.15) is 27.2 Å². The molecule has 0 aliphatic carbocycles. The van der Waals surface area contributed by atoms with E-state index in [4.69, 9.17) is 0 Å². The van der Waals surface area contributed by atoms with Crippen LogP contribution in [0.2, 0.25) is 0 Å². The van der Waals surface area contributed by atoms with Crippen LogP contribution in [0.25, 0.3) is 0 Å². The first-order valence-electron chi connectivity index (χ1n) is 7.82. The van der Waals surface area contributed by atoms with Gasteiger partial charge in [0.2, 0.25) is 21.8 Å². The lowest BCUT2D eigenvalue weighted by Crippen LogP contribution is -2.52. The zero-order valence-electron chi connectivity index (χ0n) is 13.5. The van der Waals surface area contributed by atoms with Gasteiger partial charge in [0, 0.05) is 45.2 Å². The summed E-state index contributed by atoms with van der Waals surface area (Å²) in [6.45, 7) is 7.49. The van der Waals surface area contributed by atoms with Crippen LogP contribution in [0.5, 0.6) is 0 Å². The van der Waals surface area contributed by atoms with Crippen LogP contribution in [-0.2, 0) is 19.6 Å². The highest BCUT2D eigenvalue weighted by Crippen LogP contribution is 2.23. The second-order valence-electron chi connectivity index (χ2n) is 6.17. The van der Waals surface area contributed by atoms with Crippen LogP contribution >= 0.6 is 0 Å². The number of carbonyl (C=O) groups excluding carboxylic acids is 2. The van der Waals surface area contributed by atoms with Gasteiger partial charge >= 0.3 is 0 Å². The maximum atomic E-state index is 12.5. The van der Waals surface area contributed by atoms with Gasteiger partial charge in [0.1, 0.15) is 0 Å². The standard InChI is InChI=1S/C14H25N3O4S/c1-4-22(20,21)16-7-5-15(6-8-16)14(19)12-9-13(18)17(10-12)11(2)3/h11-12H,4-10H2,1-3H3. The number of hydrogen-bond acceptors (Lipinski definition) is 4. The molecule has 0 aromatic heterocycles. The summed E-state index contributed by atoms with van der Waals surface area (Å²) in [6.07, 6.45) is 0.268. The molecule has 0 bridgehead atoms. The van der Waals surface area contributed by atoms with Crippen LogP contribution in [-0.4, -0.2) is 78.9 Å². The van der Waals surface area contributed by atoms with Gasteiger partial charge in [-0.3, -0.25) is 9.59 Å². The second-order valence-corrected chi connectivity index (χ2v) is 8.42. The smallest absolute Gasteiger partial charge is 0.228 e. The van der Waals surface area contributed by atoms with E-state index in [1.165, 1.54) is 4.31 Å². The molecule has 2 rings (SSSR count). The Hall–Kier alpha value is -1.15. The number of likely N-dealkylation sites (tertiary alicyclic amines) is 1. The highest BCUT2D eigenvalue weighted by molar-refractivity contribution is 7.89. The van der Waals surface area contributed by atoms with E-state index in [0.29, 0.717) is 32.7 Å². The number of sulfonamides is 1. The van der Waals surface area contributed by atoms with E-state index >= 15 is 0 Å². The Balaban J connectivity index is 1.92. The lowest BCUT2D eigenvalue weighted by Gasteiger charge is -2.35. The zero-order valence-corrected chi connectivity index (χ0v) is 14.3. The lowest BCUT2D eigenvalue weighted by atomic mass is 10.1. The summed E-state index contributed by atoms with van der Waals surface area (Å²) in [4.78, 5) is 27.9. The van der Waals surface area contributed by atoms with Crippen molar-refractivity contribution in [1.82, 2.24) is 14.1 Å². The van der Waals surface area contributed by atoms with Gasteiger partial charge in [0.25, 0.3) is 0 Å². The zero-order chi connectivity index (χ0) is 16.5. The molecule has 0 radical (unpaired) electrons. The first-order chi connectivity index (χ1) is 10.3. The largest absolute Gasteiger partial charge is 0.340 e. The summed E-state index contributed by atoms with van der Waals surface area (Å²) in [5.74, 6) is -0.198. The van der Waals surface area contributed by atoms with Gasteiger partial charge in [0.15, 0.2) is 0 Å². The van der Waals surface area contributed by atoms with Crippen LogP contribution in [0, 0.1) is 5.92 Å². The van der Waals surface area contributed by atoms with Crippen molar-refractivity contribution < 1.29 is 18.0 Å². The molecule has 1 atom stereocenters. The molecule has 2 aliphatic rings. The Bertz CT molecular complexity index is 538. The van der Waals surface area contributed by atoms with Crippen molar-refractivity contribution >= 4 is 21.8 Å². The summed E-state index contributed by atoms with van der Waals surface area (Å²) in [5, 5.41) is 0. The van der Waals surface area contributed by atoms with Crippen molar-refractivity contribution in [3.8, 4) is 0 Å². The Morgan fingerprint density at radius 2 is 1.82 bits per heavy atom. The van der Waals surface area contributed by atoms with Crippen molar-refractivity contribution in [2.45, 2.75) is 33.2 Å². The molecule has 7 nitrogen and oxygen atoms in total. The summed E-state index contributed by atoms with van der Waals surface area (Å²) in [7, 11) is -3.19. The number of carbonyl (C=O) groups is 2. The Morgan fingerprint density at radius 1 is 1.23 bits per heavy atom. The van der Waals surface area contributed by atoms with Crippen LogP contribution in [0.4, 0.5) is 0 Å². The first-order valence-corrected chi connectivity index (χ1v) is 9.43. The second kappa shape index (κ2) is 6.54. The normalized spacial score (nSPS) is 24.4. The van der Waals surface area contributed by atoms with Gasteiger partial charge in [-0.25, -0.2) is 8.42 Å². The predicted molar refractivity (Wildman–Crippen MR) is 82.6 cm³/mol. The minimum absolute atomic E-state index is 0.0231. The molecule has 8 heteroatoms. The van der Waals surface area contributed by atoms with E-state index in [1.807, 2.05) is 13.8 Å². The molecule has 0 aromatic carbocycles. The lowest BCUT2D eigenvalue weighted by molar-refractivity contribution is -0.137. The third kappa shape index (κ3) is 3.43. The maximum Gasteiger partial charge on any atom is 0.228 e. The minimum atomic E-state index is -3.19. The van der Waals surface area contributed by atoms with Crippen LogP contribution in [0.15, 0.2) is 0 Å². The molecular formula is C14H25N3O4S. The van der Waals surface area contributed by atoms with Gasteiger partial charge < -0.3 is 9.80 Å². The van der Waals surface area contributed by atoms with Gasteiger partial charge in [-0.2, -0.15) is 4.31 Å². The van der Waals surface area contributed by atoms with E-state index in [9.17, 15) is 18.0 Å². The molecule has 1 unspecified atom stereocenters. The number of amides is 2. The molecule has 2 aliphatic heterocycles. The average molecular weight is 331 g/mol.